The van der Waals surface area contributed by atoms with Crippen LogP contribution < -0.4 is 10.6 Å². The minimum atomic E-state index is -0.0482. The molecule has 19 heavy (non-hydrogen) atoms. The van der Waals surface area contributed by atoms with Crippen LogP contribution in [0.5, 0.6) is 0 Å². The van der Waals surface area contributed by atoms with Gasteiger partial charge in [-0.15, -0.1) is 0 Å². The molecule has 0 spiro atoms. The SMILES string of the molecule is C[C@H](N)c1ccccc1N(C)c1ccccc1C#N. The fraction of sp³-hybridized carbons (Fsp3) is 0.188. The van der Waals surface area contributed by atoms with Gasteiger partial charge in [-0.05, 0) is 30.7 Å². The van der Waals surface area contributed by atoms with E-state index in [4.69, 9.17) is 5.73 Å². The number of para-hydroxylation sites is 2. The van der Waals surface area contributed by atoms with Gasteiger partial charge in [0, 0.05) is 18.8 Å². The van der Waals surface area contributed by atoms with Crippen LogP contribution in [0.4, 0.5) is 11.4 Å². The summed E-state index contributed by atoms with van der Waals surface area (Å²) in [7, 11) is 1.96. The fourth-order valence-corrected chi connectivity index (χ4v) is 2.17. The number of benzene rings is 2. The van der Waals surface area contributed by atoms with Crippen molar-refractivity contribution in [3.05, 3.63) is 59.7 Å². The van der Waals surface area contributed by atoms with Crippen LogP contribution in [0.1, 0.15) is 24.1 Å². The Bertz CT molecular complexity index is 611. The lowest BCUT2D eigenvalue weighted by Crippen LogP contribution is -2.16. The molecule has 0 amide bonds. The largest absolute Gasteiger partial charge is 0.343 e. The Balaban J connectivity index is 2.51. The van der Waals surface area contributed by atoms with Crippen molar-refractivity contribution < 1.29 is 0 Å². The highest BCUT2D eigenvalue weighted by Gasteiger charge is 2.13. The van der Waals surface area contributed by atoms with Gasteiger partial charge < -0.3 is 10.6 Å². The van der Waals surface area contributed by atoms with E-state index >= 15 is 0 Å². The highest BCUT2D eigenvalue weighted by atomic mass is 15.1. The molecule has 3 heteroatoms. The number of rotatable bonds is 3. The highest BCUT2D eigenvalue weighted by molar-refractivity contribution is 5.71. The molecular formula is C16H17N3. The molecular weight excluding hydrogens is 234 g/mol. The van der Waals surface area contributed by atoms with Gasteiger partial charge in [0.2, 0.25) is 0 Å². The summed E-state index contributed by atoms with van der Waals surface area (Å²) in [5.74, 6) is 0. The van der Waals surface area contributed by atoms with Gasteiger partial charge in [-0.2, -0.15) is 5.26 Å². The first kappa shape index (κ1) is 13.1. The maximum atomic E-state index is 9.19. The Morgan fingerprint density at radius 2 is 1.63 bits per heavy atom. The van der Waals surface area contributed by atoms with Crippen LogP contribution in [-0.4, -0.2) is 7.05 Å². The minimum Gasteiger partial charge on any atom is -0.343 e. The van der Waals surface area contributed by atoms with E-state index in [0.29, 0.717) is 5.56 Å². The van der Waals surface area contributed by atoms with Crippen molar-refractivity contribution in [3.63, 3.8) is 0 Å². The van der Waals surface area contributed by atoms with E-state index in [0.717, 1.165) is 16.9 Å². The smallest absolute Gasteiger partial charge is 0.101 e. The first-order valence-corrected chi connectivity index (χ1v) is 6.22. The second-order valence-electron chi connectivity index (χ2n) is 4.54. The molecule has 0 saturated carbocycles. The van der Waals surface area contributed by atoms with Gasteiger partial charge in [0.05, 0.1) is 11.3 Å². The molecule has 96 valence electrons. The first-order chi connectivity index (χ1) is 9.15. The zero-order valence-corrected chi connectivity index (χ0v) is 11.2. The number of nitrogens with two attached hydrogens (primary N) is 1. The summed E-state index contributed by atoms with van der Waals surface area (Å²) in [6.45, 7) is 1.96. The van der Waals surface area contributed by atoms with E-state index < -0.39 is 0 Å². The lowest BCUT2D eigenvalue weighted by atomic mass is 10.0. The van der Waals surface area contributed by atoms with Crippen molar-refractivity contribution in [1.29, 1.82) is 5.26 Å². The summed E-state index contributed by atoms with van der Waals surface area (Å²) in [5.41, 5.74) is 9.65. The van der Waals surface area contributed by atoms with Gasteiger partial charge in [-0.1, -0.05) is 30.3 Å². The molecule has 0 radical (unpaired) electrons. The Morgan fingerprint density at radius 1 is 1.05 bits per heavy atom. The van der Waals surface area contributed by atoms with Crippen molar-refractivity contribution in [2.75, 3.05) is 11.9 Å². The van der Waals surface area contributed by atoms with E-state index in [-0.39, 0.29) is 6.04 Å². The van der Waals surface area contributed by atoms with Gasteiger partial charge >= 0.3 is 0 Å². The molecule has 0 aliphatic carbocycles. The molecule has 2 rings (SSSR count). The Labute approximate surface area is 113 Å². The zero-order chi connectivity index (χ0) is 13.8. The Morgan fingerprint density at radius 3 is 2.26 bits per heavy atom. The van der Waals surface area contributed by atoms with E-state index in [2.05, 4.69) is 6.07 Å². The highest BCUT2D eigenvalue weighted by Crippen LogP contribution is 2.31. The summed E-state index contributed by atoms with van der Waals surface area (Å²) in [6.07, 6.45) is 0. The first-order valence-electron chi connectivity index (χ1n) is 6.22. The summed E-state index contributed by atoms with van der Waals surface area (Å²) in [5, 5.41) is 9.19. The summed E-state index contributed by atoms with van der Waals surface area (Å²) in [4.78, 5) is 2.01. The quantitative estimate of drug-likeness (QED) is 0.910. The zero-order valence-electron chi connectivity index (χ0n) is 11.2. The summed E-state index contributed by atoms with van der Waals surface area (Å²) >= 11 is 0. The molecule has 1 atom stereocenters. The van der Waals surface area contributed by atoms with Crippen LogP contribution in [0, 0.1) is 11.3 Å². The van der Waals surface area contributed by atoms with E-state index in [1.807, 2.05) is 67.4 Å². The number of hydrogen-bond donors (Lipinski definition) is 1. The monoisotopic (exact) mass is 251 g/mol. The lowest BCUT2D eigenvalue weighted by Gasteiger charge is -2.24. The topological polar surface area (TPSA) is 53.0 Å². The van der Waals surface area contributed by atoms with Crippen LogP contribution in [0.15, 0.2) is 48.5 Å². The summed E-state index contributed by atoms with van der Waals surface area (Å²) < 4.78 is 0. The number of hydrogen-bond acceptors (Lipinski definition) is 3. The van der Waals surface area contributed by atoms with Crippen molar-refractivity contribution in [2.24, 2.45) is 5.73 Å². The molecule has 2 N–H and O–H groups in total. The van der Waals surface area contributed by atoms with Crippen molar-refractivity contribution in [1.82, 2.24) is 0 Å². The van der Waals surface area contributed by atoms with Crippen LogP contribution in [0.25, 0.3) is 0 Å². The molecule has 0 aliphatic rings. The minimum absolute atomic E-state index is 0.0482. The van der Waals surface area contributed by atoms with E-state index in [1.165, 1.54) is 0 Å². The maximum absolute atomic E-state index is 9.19. The van der Waals surface area contributed by atoms with Crippen LogP contribution in [0.3, 0.4) is 0 Å². The Hall–Kier alpha value is -2.31. The van der Waals surface area contributed by atoms with Gasteiger partial charge in [-0.25, -0.2) is 0 Å². The molecule has 0 fully saturated rings. The molecule has 2 aromatic rings. The maximum Gasteiger partial charge on any atom is 0.101 e. The van der Waals surface area contributed by atoms with Crippen molar-refractivity contribution >= 4 is 11.4 Å². The summed E-state index contributed by atoms with van der Waals surface area (Å²) in [6, 6.07) is 17.7. The average Bonchev–Trinajstić information content (AvgIpc) is 2.46. The van der Waals surface area contributed by atoms with Crippen LogP contribution >= 0.6 is 0 Å². The third kappa shape index (κ3) is 2.59. The second kappa shape index (κ2) is 5.55. The van der Waals surface area contributed by atoms with Gasteiger partial charge in [-0.3, -0.25) is 0 Å². The fourth-order valence-electron chi connectivity index (χ4n) is 2.17. The second-order valence-corrected chi connectivity index (χ2v) is 4.54. The number of nitriles is 1. The molecule has 0 unspecified atom stereocenters. The van der Waals surface area contributed by atoms with Gasteiger partial charge in [0.25, 0.3) is 0 Å². The van der Waals surface area contributed by atoms with Gasteiger partial charge in [0.1, 0.15) is 6.07 Å². The molecule has 2 aromatic carbocycles. The predicted octanol–water partition coefficient (Wildman–Crippen LogP) is 3.35. The van der Waals surface area contributed by atoms with E-state index in [1.54, 1.807) is 0 Å². The molecule has 0 aromatic heterocycles. The third-order valence-electron chi connectivity index (χ3n) is 3.17. The van der Waals surface area contributed by atoms with Crippen molar-refractivity contribution in [3.8, 4) is 6.07 Å². The normalized spacial score (nSPS) is 11.7. The lowest BCUT2D eigenvalue weighted by molar-refractivity contribution is 0.815. The molecule has 0 aliphatic heterocycles. The molecule has 0 heterocycles. The van der Waals surface area contributed by atoms with Crippen LogP contribution in [0.2, 0.25) is 0 Å². The van der Waals surface area contributed by atoms with Gasteiger partial charge in [0.15, 0.2) is 0 Å². The molecule has 0 bridgehead atoms. The molecule has 3 nitrogen and oxygen atoms in total. The predicted molar refractivity (Wildman–Crippen MR) is 78.3 cm³/mol. The standard InChI is InChI=1S/C16H17N3/c1-12(18)14-8-4-6-10-16(14)19(2)15-9-5-3-7-13(15)11-17/h3-10,12H,18H2,1-2H3/t12-/m0/s1. The van der Waals surface area contributed by atoms with Crippen LogP contribution in [-0.2, 0) is 0 Å². The average molecular weight is 251 g/mol. The number of nitrogens with zero attached hydrogens (tertiary/aromatic N) is 2. The van der Waals surface area contributed by atoms with Crippen molar-refractivity contribution in [2.45, 2.75) is 13.0 Å². The third-order valence-corrected chi connectivity index (χ3v) is 3.17. The molecule has 0 saturated heterocycles. The Kier molecular flexibility index (Phi) is 3.84. The number of anilines is 2. The van der Waals surface area contributed by atoms with E-state index in [9.17, 15) is 5.26 Å².